The number of carboxylic acids is 1. The van der Waals surface area contributed by atoms with Crippen LogP contribution >= 0.6 is 0 Å². The molecule has 1 aliphatic heterocycles. The fourth-order valence-electron chi connectivity index (χ4n) is 2.46. The number of nitrogens with zero attached hydrogens (tertiary/aromatic N) is 1. The maximum absolute atomic E-state index is 12.2. The number of carboxylic acid groups (broad SMARTS) is 1. The molecule has 110 valence electrons. The zero-order valence-electron chi connectivity index (χ0n) is 12.6. The van der Waals surface area contributed by atoms with Gasteiger partial charge in [0.2, 0.25) is 0 Å². The highest BCUT2D eigenvalue weighted by molar-refractivity contribution is 5.83. The molecule has 1 rings (SSSR count). The van der Waals surface area contributed by atoms with E-state index in [0.29, 0.717) is 13.1 Å². The van der Waals surface area contributed by atoms with Crippen LogP contribution in [0.3, 0.4) is 0 Å². The molecule has 19 heavy (non-hydrogen) atoms. The van der Waals surface area contributed by atoms with Gasteiger partial charge in [-0.05, 0) is 23.7 Å². The number of nitrogens with one attached hydrogen (secondary N) is 1. The zero-order chi connectivity index (χ0) is 14.8. The van der Waals surface area contributed by atoms with Gasteiger partial charge in [0, 0.05) is 13.1 Å². The van der Waals surface area contributed by atoms with Crippen molar-refractivity contribution in [1.82, 2.24) is 10.2 Å². The minimum absolute atomic E-state index is 0.107. The van der Waals surface area contributed by atoms with Gasteiger partial charge in [-0.3, -0.25) is 0 Å². The van der Waals surface area contributed by atoms with Crippen molar-refractivity contribution in [3.05, 3.63) is 0 Å². The maximum atomic E-state index is 12.2. The second kappa shape index (κ2) is 5.39. The Morgan fingerprint density at radius 3 is 2.32 bits per heavy atom. The first-order valence-corrected chi connectivity index (χ1v) is 6.81. The molecule has 2 N–H and O–H groups in total. The number of urea groups is 1. The second-order valence-electron chi connectivity index (χ2n) is 7.28. The molecule has 1 aliphatic rings. The van der Waals surface area contributed by atoms with Crippen molar-refractivity contribution in [2.75, 3.05) is 13.1 Å². The lowest BCUT2D eigenvalue weighted by Crippen LogP contribution is -2.55. The molecule has 1 fully saturated rings. The standard InChI is InChI=1S/C14H26N2O3/c1-13(2,3)10(11(17)18)15-12(19)16-8-6-7-14(4,5)9-16/h10H,6-9H2,1-5H3,(H,15,19)(H,17,18)/t10-/m1/s1. The Morgan fingerprint density at radius 1 is 1.32 bits per heavy atom. The van der Waals surface area contributed by atoms with Gasteiger partial charge < -0.3 is 15.3 Å². The third kappa shape index (κ3) is 4.40. The number of carbonyl (C=O) groups is 2. The predicted molar refractivity (Wildman–Crippen MR) is 74.0 cm³/mol. The zero-order valence-corrected chi connectivity index (χ0v) is 12.6. The number of likely N-dealkylation sites (tertiary alicyclic amines) is 1. The number of carbonyl (C=O) groups excluding carboxylic acids is 1. The monoisotopic (exact) mass is 270 g/mol. The van der Waals surface area contributed by atoms with Gasteiger partial charge in [0.1, 0.15) is 6.04 Å². The van der Waals surface area contributed by atoms with Crippen LogP contribution in [0.5, 0.6) is 0 Å². The summed E-state index contributed by atoms with van der Waals surface area (Å²) in [6.45, 7) is 11.1. The molecular weight excluding hydrogens is 244 g/mol. The van der Waals surface area contributed by atoms with Crippen molar-refractivity contribution >= 4 is 12.0 Å². The van der Waals surface area contributed by atoms with Gasteiger partial charge in [0.25, 0.3) is 0 Å². The molecular formula is C14H26N2O3. The van der Waals surface area contributed by atoms with Crippen LogP contribution in [0.2, 0.25) is 0 Å². The van der Waals surface area contributed by atoms with Gasteiger partial charge in [-0.15, -0.1) is 0 Å². The van der Waals surface area contributed by atoms with Gasteiger partial charge in [0.15, 0.2) is 0 Å². The summed E-state index contributed by atoms with van der Waals surface area (Å²) in [6.07, 6.45) is 2.06. The van der Waals surface area contributed by atoms with E-state index in [0.717, 1.165) is 12.8 Å². The van der Waals surface area contributed by atoms with Crippen LogP contribution < -0.4 is 5.32 Å². The molecule has 5 nitrogen and oxygen atoms in total. The topological polar surface area (TPSA) is 69.6 Å². The van der Waals surface area contributed by atoms with Crippen LogP contribution in [0.15, 0.2) is 0 Å². The molecule has 2 amide bonds. The number of hydrogen-bond acceptors (Lipinski definition) is 2. The van der Waals surface area contributed by atoms with Crippen molar-refractivity contribution < 1.29 is 14.7 Å². The average Bonchev–Trinajstić information content (AvgIpc) is 2.21. The normalized spacial score (nSPS) is 20.8. The summed E-state index contributed by atoms with van der Waals surface area (Å²) in [6, 6.07) is -1.14. The first kappa shape index (κ1) is 15.8. The van der Waals surface area contributed by atoms with Gasteiger partial charge >= 0.3 is 12.0 Å². The van der Waals surface area contributed by atoms with Crippen molar-refractivity contribution in [3.63, 3.8) is 0 Å². The Balaban J connectivity index is 2.70. The predicted octanol–water partition coefficient (Wildman–Crippen LogP) is 2.32. The molecule has 5 heteroatoms. The van der Waals surface area contributed by atoms with Crippen LogP contribution in [-0.2, 0) is 4.79 Å². The van der Waals surface area contributed by atoms with Gasteiger partial charge in [0.05, 0.1) is 0 Å². The van der Waals surface area contributed by atoms with E-state index in [9.17, 15) is 14.7 Å². The third-order valence-corrected chi connectivity index (χ3v) is 3.57. The maximum Gasteiger partial charge on any atom is 0.326 e. The first-order valence-electron chi connectivity index (χ1n) is 6.81. The lowest BCUT2D eigenvalue weighted by atomic mass is 9.84. The van der Waals surface area contributed by atoms with Gasteiger partial charge in [-0.2, -0.15) is 0 Å². The first-order chi connectivity index (χ1) is 8.53. The fraction of sp³-hybridized carbons (Fsp3) is 0.857. The van der Waals surface area contributed by atoms with Crippen LogP contribution in [0, 0.1) is 10.8 Å². The molecule has 0 saturated carbocycles. The molecule has 0 spiro atoms. The number of rotatable bonds is 2. The second-order valence-corrected chi connectivity index (χ2v) is 7.28. The third-order valence-electron chi connectivity index (χ3n) is 3.57. The highest BCUT2D eigenvalue weighted by Crippen LogP contribution is 2.28. The molecule has 0 aromatic rings. The Kier molecular flexibility index (Phi) is 4.48. The summed E-state index contributed by atoms with van der Waals surface area (Å²) in [7, 11) is 0. The van der Waals surface area contributed by atoms with Crippen LogP contribution in [0.25, 0.3) is 0 Å². The van der Waals surface area contributed by atoms with Crippen LogP contribution in [-0.4, -0.2) is 41.1 Å². The summed E-state index contributed by atoms with van der Waals surface area (Å²) in [5, 5.41) is 11.9. The van der Waals surface area contributed by atoms with E-state index in [1.807, 2.05) is 20.8 Å². The SMILES string of the molecule is CC1(C)CCCN(C(=O)N[C@H](C(=O)O)C(C)(C)C)C1. The summed E-state index contributed by atoms with van der Waals surface area (Å²) >= 11 is 0. The number of piperidine rings is 1. The van der Waals surface area contributed by atoms with E-state index < -0.39 is 17.4 Å². The average molecular weight is 270 g/mol. The van der Waals surface area contributed by atoms with Crippen molar-refractivity contribution in [2.45, 2.75) is 53.5 Å². The van der Waals surface area contributed by atoms with Crippen molar-refractivity contribution in [2.24, 2.45) is 10.8 Å². The summed E-state index contributed by atoms with van der Waals surface area (Å²) in [5.74, 6) is -0.989. The number of aliphatic carboxylic acids is 1. The molecule has 0 radical (unpaired) electrons. The Morgan fingerprint density at radius 2 is 1.89 bits per heavy atom. The van der Waals surface area contributed by atoms with Crippen molar-refractivity contribution in [1.29, 1.82) is 0 Å². The van der Waals surface area contributed by atoms with E-state index in [2.05, 4.69) is 19.2 Å². The molecule has 0 bridgehead atoms. The van der Waals surface area contributed by atoms with E-state index in [-0.39, 0.29) is 11.4 Å². The van der Waals surface area contributed by atoms with E-state index >= 15 is 0 Å². The molecule has 1 heterocycles. The van der Waals surface area contributed by atoms with E-state index in [4.69, 9.17) is 0 Å². The minimum atomic E-state index is -0.989. The van der Waals surface area contributed by atoms with Gasteiger partial charge in [-0.25, -0.2) is 9.59 Å². The molecule has 0 unspecified atom stereocenters. The van der Waals surface area contributed by atoms with E-state index in [1.54, 1.807) is 4.90 Å². The fourth-order valence-corrected chi connectivity index (χ4v) is 2.46. The Bertz CT molecular complexity index is 358. The number of amides is 2. The van der Waals surface area contributed by atoms with Crippen LogP contribution in [0.1, 0.15) is 47.5 Å². The highest BCUT2D eigenvalue weighted by atomic mass is 16.4. The van der Waals surface area contributed by atoms with Crippen LogP contribution in [0.4, 0.5) is 4.79 Å². The summed E-state index contributed by atoms with van der Waals surface area (Å²) in [5.41, 5.74) is -0.400. The lowest BCUT2D eigenvalue weighted by molar-refractivity contribution is -0.142. The molecule has 0 aliphatic carbocycles. The lowest BCUT2D eigenvalue weighted by Gasteiger charge is -2.39. The van der Waals surface area contributed by atoms with E-state index in [1.165, 1.54) is 0 Å². The number of hydrogen-bond donors (Lipinski definition) is 2. The van der Waals surface area contributed by atoms with Crippen molar-refractivity contribution in [3.8, 4) is 0 Å². The Labute approximate surface area is 115 Å². The summed E-state index contributed by atoms with van der Waals surface area (Å²) < 4.78 is 0. The smallest absolute Gasteiger partial charge is 0.326 e. The largest absolute Gasteiger partial charge is 0.480 e. The highest BCUT2D eigenvalue weighted by Gasteiger charge is 2.35. The minimum Gasteiger partial charge on any atom is -0.480 e. The molecule has 0 aromatic heterocycles. The molecule has 1 atom stereocenters. The quantitative estimate of drug-likeness (QED) is 0.809. The summed E-state index contributed by atoms with van der Waals surface area (Å²) in [4.78, 5) is 25.2. The molecule has 0 aromatic carbocycles. The van der Waals surface area contributed by atoms with Gasteiger partial charge in [-0.1, -0.05) is 34.6 Å². The molecule has 1 saturated heterocycles. The Hall–Kier alpha value is -1.26.